The van der Waals surface area contributed by atoms with Gasteiger partial charge in [-0.1, -0.05) is 0 Å². The molecular formula is C27H37NO7. The molecular weight excluding hydrogens is 450 g/mol. The lowest BCUT2D eigenvalue weighted by Gasteiger charge is -2.39. The predicted octanol–water partition coefficient (Wildman–Crippen LogP) is 3.04. The Bertz CT molecular complexity index is 1030. The Morgan fingerprint density at radius 2 is 1.91 bits per heavy atom. The minimum Gasteiger partial charge on any atom is -0.497 e. The molecule has 0 saturated carbocycles. The van der Waals surface area contributed by atoms with Crippen LogP contribution in [0.3, 0.4) is 0 Å². The zero-order chi connectivity index (χ0) is 25.0. The first-order chi connectivity index (χ1) is 16.5. The normalized spacial score (nSPS) is 28.9. The summed E-state index contributed by atoms with van der Waals surface area (Å²) < 4.78 is 23.3. The smallest absolute Gasteiger partial charge is 0.338 e. The maximum absolute atomic E-state index is 13.3. The molecule has 1 aliphatic carbocycles. The summed E-state index contributed by atoms with van der Waals surface area (Å²) in [5, 5.41) is 21.0. The van der Waals surface area contributed by atoms with Crippen LogP contribution in [0.4, 0.5) is 0 Å². The molecule has 4 atom stereocenters. The van der Waals surface area contributed by atoms with E-state index >= 15 is 0 Å². The molecule has 8 heteroatoms. The van der Waals surface area contributed by atoms with E-state index in [-0.39, 0.29) is 24.7 Å². The number of carbonyl (C=O) groups excluding carboxylic acids is 1. The molecule has 8 nitrogen and oxygen atoms in total. The van der Waals surface area contributed by atoms with E-state index in [4.69, 9.17) is 18.9 Å². The number of fused-ring (bicyclic) bond motifs is 3. The van der Waals surface area contributed by atoms with Gasteiger partial charge in [-0.25, -0.2) is 4.79 Å². The zero-order valence-electron chi connectivity index (χ0n) is 21.1. The van der Waals surface area contributed by atoms with Gasteiger partial charge in [-0.3, -0.25) is 4.90 Å². The van der Waals surface area contributed by atoms with Crippen molar-refractivity contribution >= 4 is 5.97 Å². The van der Waals surface area contributed by atoms with Crippen molar-refractivity contribution in [1.29, 1.82) is 0 Å². The molecule has 1 unspecified atom stereocenters. The molecule has 1 aromatic carbocycles. The molecule has 192 valence electrons. The van der Waals surface area contributed by atoms with Crippen molar-refractivity contribution in [2.45, 2.75) is 88.1 Å². The van der Waals surface area contributed by atoms with Crippen LogP contribution in [-0.2, 0) is 20.7 Å². The van der Waals surface area contributed by atoms with Gasteiger partial charge in [-0.05, 0) is 95.2 Å². The Morgan fingerprint density at radius 3 is 2.63 bits per heavy atom. The van der Waals surface area contributed by atoms with Crippen LogP contribution >= 0.6 is 0 Å². The monoisotopic (exact) mass is 487 g/mol. The van der Waals surface area contributed by atoms with E-state index in [1.165, 1.54) is 6.92 Å². The molecule has 5 rings (SSSR count). The Labute approximate surface area is 206 Å². The summed E-state index contributed by atoms with van der Waals surface area (Å²) in [6.45, 7) is 6.99. The standard InChI is InChI=1S/C27H37NO7/c1-25(2,30)8-5-9-26(3,31)24(29)35-23-21(32-4)15-27-10-6-11-28(27)12-7-17-13-19-20(34-16-33-19)14-18(17)22(23)27/h13-15,22-23,30-31H,5-12,16H2,1-4H3/t22?,23-,26+,27+/m1/s1. The van der Waals surface area contributed by atoms with Crippen molar-refractivity contribution < 1.29 is 34.0 Å². The second kappa shape index (κ2) is 8.68. The molecule has 4 aliphatic rings. The third kappa shape index (κ3) is 4.30. The van der Waals surface area contributed by atoms with Gasteiger partial charge in [0.2, 0.25) is 6.79 Å². The Morgan fingerprint density at radius 1 is 1.17 bits per heavy atom. The average Bonchev–Trinajstić information content (AvgIpc) is 3.46. The van der Waals surface area contributed by atoms with Gasteiger partial charge in [0, 0.05) is 6.54 Å². The molecule has 2 N–H and O–H groups in total. The molecule has 3 aliphatic heterocycles. The number of rotatable bonds is 7. The minimum atomic E-state index is -1.67. The van der Waals surface area contributed by atoms with Crippen molar-refractivity contribution in [2.24, 2.45) is 0 Å². The van der Waals surface area contributed by atoms with Gasteiger partial charge in [-0.15, -0.1) is 0 Å². The number of esters is 1. The lowest BCUT2D eigenvalue weighted by atomic mass is 9.77. The van der Waals surface area contributed by atoms with Crippen molar-refractivity contribution in [3.05, 3.63) is 35.1 Å². The topological polar surface area (TPSA) is 97.7 Å². The lowest BCUT2D eigenvalue weighted by molar-refractivity contribution is -0.171. The molecule has 0 bridgehead atoms. The van der Waals surface area contributed by atoms with Gasteiger partial charge in [-0.2, -0.15) is 0 Å². The van der Waals surface area contributed by atoms with Crippen LogP contribution < -0.4 is 9.47 Å². The molecule has 1 fully saturated rings. The Balaban J connectivity index is 1.47. The molecule has 1 saturated heterocycles. The number of hydrogen-bond donors (Lipinski definition) is 2. The predicted molar refractivity (Wildman–Crippen MR) is 128 cm³/mol. The Kier molecular flexibility index (Phi) is 6.05. The third-order valence-electron chi connectivity index (χ3n) is 8.09. The molecule has 1 aromatic rings. The van der Waals surface area contributed by atoms with E-state index in [1.54, 1.807) is 21.0 Å². The highest BCUT2D eigenvalue weighted by Crippen LogP contribution is 2.55. The molecule has 35 heavy (non-hydrogen) atoms. The molecule has 0 aromatic heterocycles. The van der Waals surface area contributed by atoms with Crippen LogP contribution in [0.15, 0.2) is 24.0 Å². The number of methoxy groups -OCH3 is 1. The fraction of sp³-hybridized carbons (Fsp3) is 0.667. The molecule has 3 heterocycles. The van der Waals surface area contributed by atoms with Gasteiger partial charge in [0.25, 0.3) is 0 Å². The van der Waals surface area contributed by atoms with Crippen LogP contribution in [-0.4, -0.2) is 70.9 Å². The van der Waals surface area contributed by atoms with E-state index in [1.807, 2.05) is 6.07 Å². The highest BCUT2D eigenvalue weighted by molar-refractivity contribution is 5.79. The number of aliphatic hydroxyl groups is 2. The van der Waals surface area contributed by atoms with Gasteiger partial charge in [0.15, 0.2) is 23.2 Å². The second-order valence-corrected chi connectivity index (χ2v) is 11.2. The van der Waals surface area contributed by atoms with E-state index in [9.17, 15) is 15.0 Å². The molecule has 0 amide bonds. The summed E-state index contributed by atoms with van der Waals surface area (Å²) in [5.74, 6) is 1.23. The van der Waals surface area contributed by atoms with Gasteiger partial charge in [0.1, 0.15) is 5.76 Å². The van der Waals surface area contributed by atoms with Crippen LogP contribution in [0, 0.1) is 0 Å². The summed E-state index contributed by atoms with van der Waals surface area (Å²) >= 11 is 0. The van der Waals surface area contributed by atoms with Gasteiger partial charge >= 0.3 is 5.97 Å². The largest absolute Gasteiger partial charge is 0.497 e. The summed E-state index contributed by atoms with van der Waals surface area (Å²) in [6.07, 6.45) is 5.52. The van der Waals surface area contributed by atoms with E-state index in [0.717, 1.165) is 49.2 Å². The maximum atomic E-state index is 13.3. The number of carbonyl (C=O) groups is 1. The van der Waals surface area contributed by atoms with E-state index in [0.29, 0.717) is 24.4 Å². The average molecular weight is 488 g/mol. The van der Waals surface area contributed by atoms with Crippen molar-refractivity contribution in [2.75, 3.05) is 27.0 Å². The van der Waals surface area contributed by atoms with Crippen molar-refractivity contribution in [3.8, 4) is 11.5 Å². The molecule has 1 spiro atoms. The van der Waals surface area contributed by atoms with E-state index < -0.39 is 23.3 Å². The second-order valence-electron chi connectivity index (χ2n) is 11.2. The summed E-state index contributed by atoms with van der Waals surface area (Å²) in [4.78, 5) is 15.8. The first-order valence-corrected chi connectivity index (χ1v) is 12.6. The number of ether oxygens (including phenoxy) is 4. The van der Waals surface area contributed by atoms with Gasteiger partial charge < -0.3 is 29.2 Å². The minimum absolute atomic E-state index is 0.178. The SMILES string of the molecule is COC1=C[C@]23CCCN2CCc2cc4c(cc2C3[C@@H]1OC(=O)[C@@](C)(O)CCCC(C)(C)O)OCO4. The molecule has 0 radical (unpaired) electrons. The first kappa shape index (κ1) is 24.4. The highest BCUT2D eigenvalue weighted by atomic mass is 16.7. The van der Waals surface area contributed by atoms with Crippen LogP contribution in [0.1, 0.15) is 69.9 Å². The number of nitrogens with zero attached hydrogens (tertiary/aromatic N) is 1. The first-order valence-electron chi connectivity index (χ1n) is 12.6. The van der Waals surface area contributed by atoms with Gasteiger partial charge in [0.05, 0.1) is 24.2 Å². The van der Waals surface area contributed by atoms with Crippen LogP contribution in [0.2, 0.25) is 0 Å². The third-order valence-corrected chi connectivity index (χ3v) is 8.09. The van der Waals surface area contributed by atoms with Crippen LogP contribution in [0.5, 0.6) is 11.5 Å². The summed E-state index contributed by atoms with van der Waals surface area (Å²) in [7, 11) is 1.61. The van der Waals surface area contributed by atoms with Crippen molar-refractivity contribution in [3.63, 3.8) is 0 Å². The Hall–Kier alpha value is -2.29. The van der Waals surface area contributed by atoms with Crippen LogP contribution in [0.25, 0.3) is 0 Å². The van der Waals surface area contributed by atoms with E-state index in [2.05, 4.69) is 17.0 Å². The van der Waals surface area contributed by atoms with Crippen molar-refractivity contribution in [1.82, 2.24) is 4.90 Å². The fourth-order valence-corrected chi connectivity index (χ4v) is 6.30. The summed E-state index contributed by atoms with van der Waals surface area (Å²) in [5.41, 5.74) is -0.593. The fourth-order valence-electron chi connectivity index (χ4n) is 6.30. The lowest BCUT2D eigenvalue weighted by Crippen LogP contribution is -2.48. The zero-order valence-corrected chi connectivity index (χ0v) is 21.1. The quantitative estimate of drug-likeness (QED) is 0.567. The highest BCUT2D eigenvalue weighted by Gasteiger charge is 2.58. The summed E-state index contributed by atoms with van der Waals surface area (Å²) in [6, 6.07) is 4.10. The maximum Gasteiger partial charge on any atom is 0.338 e. The number of benzene rings is 1. The number of hydrogen-bond acceptors (Lipinski definition) is 8.